The average Bonchev–Trinajstić information content (AvgIpc) is 2.40. The number of benzene rings is 2. The van der Waals surface area contributed by atoms with E-state index in [4.69, 9.17) is 0 Å². The highest BCUT2D eigenvalue weighted by Crippen LogP contribution is 2.15. The molecule has 2 N–H and O–H groups in total. The second kappa shape index (κ2) is 6.23. The number of hydrogen-bond donors (Lipinski definition) is 2. The van der Waals surface area contributed by atoms with E-state index in [1.54, 1.807) is 12.1 Å². The molecule has 0 saturated heterocycles. The molecule has 0 unspecified atom stereocenters. The van der Waals surface area contributed by atoms with Crippen molar-refractivity contribution < 1.29 is 4.39 Å². The van der Waals surface area contributed by atoms with E-state index in [1.165, 1.54) is 28.9 Å². The van der Waals surface area contributed by atoms with Crippen LogP contribution in [0.2, 0.25) is 0 Å². The molecule has 2 aromatic rings. The first-order valence-electron chi connectivity index (χ1n) is 6.46. The van der Waals surface area contributed by atoms with Crippen LogP contribution in [0.25, 0.3) is 0 Å². The van der Waals surface area contributed by atoms with Crippen molar-refractivity contribution in [2.24, 2.45) is 0 Å². The summed E-state index contributed by atoms with van der Waals surface area (Å²) in [5.74, 6) is -0.209. The Kier molecular flexibility index (Phi) is 4.39. The minimum Gasteiger partial charge on any atom is -0.383 e. The third-order valence-corrected chi connectivity index (χ3v) is 3.01. The van der Waals surface area contributed by atoms with Gasteiger partial charge in [0.25, 0.3) is 0 Å². The van der Waals surface area contributed by atoms with Gasteiger partial charge in [-0.2, -0.15) is 0 Å². The Bertz CT molecular complexity index is 535. The molecule has 19 heavy (non-hydrogen) atoms. The topological polar surface area (TPSA) is 24.1 Å². The number of nitrogens with one attached hydrogen (secondary N) is 2. The zero-order valence-corrected chi connectivity index (χ0v) is 11.3. The van der Waals surface area contributed by atoms with Crippen molar-refractivity contribution in [1.29, 1.82) is 0 Å². The minimum atomic E-state index is -0.209. The third kappa shape index (κ3) is 3.98. The lowest BCUT2D eigenvalue weighted by atomic mass is 10.1. The molecule has 0 amide bonds. The molecule has 100 valence electrons. The van der Waals surface area contributed by atoms with Crippen molar-refractivity contribution in [3.63, 3.8) is 0 Å². The van der Waals surface area contributed by atoms with Crippen LogP contribution in [0.1, 0.15) is 11.1 Å². The highest BCUT2D eigenvalue weighted by Gasteiger charge is 1.98. The molecule has 0 aliphatic carbocycles. The molecule has 0 aromatic heterocycles. The van der Waals surface area contributed by atoms with Gasteiger partial charge in [0.15, 0.2) is 0 Å². The Balaban J connectivity index is 1.80. The van der Waals surface area contributed by atoms with E-state index >= 15 is 0 Å². The first-order chi connectivity index (χ1) is 9.15. The Labute approximate surface area is 113 Å². The van der Waals surface area contributed by atoms with Crippen LogP contribution < -0.4 is 10.6 Å². The zero-order chi connectivity index (χ0) is 13.7. The van der Waals surface area contributed by atoms with E-state index < -0.39 is 0 Å². The van der Waals surface area contributed by atoms with Crippen LogP contribution in [0.5, 0.6) is 0 Å². The lowest BCUT2D eigenvalue weighted by molar-refractivity contribution is 0.628. The summed E-state index contributed by atoms with van der Waals surface area (Å²) in [6.07, 6.45) is 0. The van der Waals surface area contributed by atoms with Gasteiger partial charge in [0.05, 0.1) is 0 Å². The van der Waals surface area contributed by atoms with Gasteiger partial charge in [0.1, 0.15) is 5.82 Å². The minimum absolute atomic E-state index is 0.209. The van der Waals surface area contributed by atoms with Crippen LogP contribution in [0.4, 0.5) is 15.8 Å². The average molecular weight is 258 g/mol. The summed E-state index contributed by atoms with van der Waals surface area (Å²) >= 11 is 0. The molecule has 0 radical (unpaired) electrons. The fraction of sp³-hybridized carbons (Fsp3) is 0.250. The summed E-state index contributed by atoms with van der Waals surface area (Å²) in [6, 6.07) is 12.8. The summed E-state index contributed by atoms with van der Waals surface area (Å²) in [7, 11) is 0. The van der Waals surface area contributed by atoms with E-state index in [1.807, 2.05) is 0 Å². The molecule has 2 aromatic carbocycles. The number of rotatable bonds is 5. The monoisotopic (exact) mass is 258 g/mol. The Morgan fingerprint density at radius 3 is 2.32 bits per heavy atom. The molecule has 2 nitrogen and oxygen atoms in total. The summed E-state index contributed by atoms with van der Waals surface area (Å²) in [4.78, 5) is 0. The zero-order valence-electron chi connectivity index (χ0n) is 11.3. The molecule has 0 saturated carbocycles. The van der Waals surface area contributed by atoms with Gasteiger partial charge < -0.3 is 10.6 Å². The van der Waals surface area contributed by atoms with Gasteiger partial charge >= 0.3 is 0 Å². The van der Waals surface area contributed by atoms with Crippen molar-refractivity contribution in [2.75, 3.05) is 23.7 Å². The summed E-state index contributed by atoms with van der Waals surface area (Å²) in [6.45, 7) is 5.79. The molecule has 0 atom stereocenters. The Morgan fingerprint density at radius 2 is 1.58 bits per heavy atom. The lowest BCUT2D eigenvalue weighted by Gasteiger charge is -2.11. The van der Waals surface area contributed by atoms with Gasteiger partial charge in [-0.15, -0.1) is 0 Å². The number of aryl methyl sites for hydroxylation is 2. The van der Waals surface area contributed by atoms with Gasteiger partial charge in [-0.1, -0.05) is 12.1 Å². The molecule has 0 heterocycles. The molecule has 3 heteroatoms. The quantitative estimate of drug-likeness (QED) is 0.793. The van der Waals surface area contributed by atoms with Crippen LogP contribution in [-0.4, -0.2) is 13.1 Å². The summed E-state index contributed by atoms with van der Waals surface area (Å²) in [5.41, 5.74) is 4.59. The highest BCUT2D eigenvalue weighted by atomic mass is 19.1. The highest BCUT2D eigenvalue weighted by molar-refractivity contribution is 5.52. The van der Waals surface area contributed by atoms with Gasteiger partial charge in [0, 0.05) is 24.5 Å². The van der Waals surface area contributed by atoms with E-state index in [9.17, 15) is 4.39 Å². The largest absolute Gasteiger partial charge is 0.383 e. The van der Waals surface area contributed by atoms with Gasteiger partial charge in [0.2, 0.25) is 0 Å². The first kappa shape index (κ1) is 13.4. The normalized spacial score (nSPS) is 10.3. The number of hydrogen-bond acceptors (Lipinski definition) is 2. The fourth-order valence-corrected chi connectivity index (χ4v) is 1.90. The van der Waals surface area contributed by atoms with E-state index in [2.05, 4.69) is 42.7 Å². The van der Waals surface area contributed by atoms with Crippen LogP contribution in [0.3, 0.4) is 0 Å². The van der Waals surface area contributed by atoms with Crippen molar-refractivity contribution >= 4 is 11.4 Å². The van der Waals surface area contributed by atoms with E-state index in [-0.39, 0.29) is 5.82 Å². The molecule has 0 aliphatic heterocycles. The van der Waals surface area contributed by atoms with E-state index in [0.29, 0.717) is 0 Å². The van der Waals surface area contributed by atoms with Crippen LogP contribution in [-0.2, 0) is 0 Å². The van der Waals surface area contributed by atoms with Crippen molar-refractivity contribution in [3.8, 4) is 0 Å². The third-order valence-electron chi connectivity index (χ3n) is 3.01. The first-order valence-corrected chi connectivity index (χ1v) is 6.46. The maximum atomic E-state index is 12.7. The van der Waals surface area contributed by atoms with Crippen LogP contribution in [0.15, 0.2) is 42.5 Å². The van der Waals surface area contributed by atoms with Crippen molar-refractivity contribution in [1.82, 2.24) is 0 Å². The fourth-order valence-electron chi connectivity index (χ4n) is 1.90. The molecule has 0 spiro atoms. The predicted molar refractivity (Wildman–Crippen MR) is 79.3 cm³/mol. The van der Waals surface area contributed by atoms with Crippen molar-refractivity contribution in [3.05, 3.63) is 59.4 Å². The van der Waals surface area contributed by atoms with Crippen LogP contribution in [0, 0.1) is 19.7 Å². The smallest absolute Gasteiger partial charge is 0.123 e. The second-order valence-corrected chi connectivity index (χ2v) is 4.68. The standard InChI is InChI=1S/C16H19FN2/c1-12-3-4-13(2)16(11-12)19-10-9-18-15-7-5-14(17)6-8-15/h3-8,11,18-19H,9-10H2,1-2H3. The lowest BCUT2D eigenvalue weighted by Crippen LogP contribution is -2.14. The second-order valence-electron chi connectivity index (χ2n) is 4.68. The maximum absolute atomic E-state index is 12.7. The van der Waals surface area contributed by atoms with Gasteiger partial charge in [-0.25, -0.2) is 4.39 Å². The summed E-state index contributed by atoms with van der Waals surface area (Å²) in [5, 5.41) is 6.65. The maximum Gasteiger partial charge on any atom is 0.123 e. The predicted octanol–water partition coefficient (Wildman–Crippen LogP) is 3.97. The number of halogens is 1. The van der Waals surface area contributed by atoms with E-state index in [0.717, 1.165) is 18.8 Å². The SMILES string of the molecule is Cc1ccc(C)c(NCCNc2ccc(F)cc2)c1. The molecule has 0 bridgehead atoms. The summed E-state index contributed by atoms with van der Waals surface area (Å²) < 4.78 is 12.7. The van der Waals surface area contributed by atoms with Crippen molar-refractivity contribution in [2.45, 2.75) is 13.8 Å². The molecule has 0 aliphatic rings. The molecular weight excluding hydrogens is 239 g/mol. The molecule has 0 fully saturated rings. The molecule has 2 rings (SSSR count). The van der Waals surface area contributed by atoms with Gasteiger partial charge in [-0.05, 0) is 55.3 Å². The Morgan fingerprint density at radius 1 is 0.895 bits per heavy atom. The van der Waals surface area contributed by atoms with Crippen LogP contribution >= 0.6 is 0 Å². The number of anilines is 2. The molecular formula is C16H19FN2. The van der Waals surface area contributed by atoms with Gasteiger partial charge in [-0.3, -0.25) is 0 Å². The Hall–Kier alpha value is -2.03.